The summed E-state index contributed by atoms with van der Waals surface area (Å²) in [6, 6.07) is 0. The van der Waals surface area contributed by atoms with Crippen LogP contribution in [0.25, 0.3) is 0 Å². The molecule has 0 aromatic carbocycles. The predicted molar refractivity (Wildman–Crippen MR) is 59.6 cm³/mol. The van der Waals surface area contributed by atoms with Crippen molar-refractivity contribution in [1.82, 2.24) is 15.1 Å². The maximum atomic E-state index is 11.9. The van der Waals surface area contributed by atoms with Crippen LogP contribution in [0.4, 0.5) is 13.2 Å². The summed E-state index contributed by atoms with van der Waals surface area (Å²) in [6.45, 7) is -0.154. The lowest BCUT2D eigenvalue weighted by molar-refractivity contribution is -0.139. The summed E-state index contributed by atoms with van der Waals surface area (Å²) < 4.78 is 35.6. The van der Waals surface area contributed by atoms with Crippen molar-refractivity contribution in [2.24, 2.45) is 0 Å². The van der Waals surface area contributed by atoms with Gasteiger partial charge in [0, 0.05) is 26.2 Å². The highest BCUT2D eigenvalue weighted by Crippen LogP contribution is 2.12. The van der Waals surface area contributed by atoms with Gasteiger partial charge in [-0.1, -0.05) is 0 Å². The van der Waals surface area contributed by atoms with E-state index in [1.807, 2.05) is 5.32 Å². The first kappa shape index (κ1) is 15.7. The average molecular weight is 283 g/mol. The van der Waals surface area contributed by atoms with Crippen LogP contribution < -0.4 is 5.32 Å². The Morgan fingerprint density at radius 2 is 1.74 bits per heavy atom. The van der Waals surface area contributed by atoms with Gasteiger partial charge in [-0.25, -0.2) is 0 Å². The van der Waals surface area contributed by atoms with Crippen molar-refractivity contribution in [3.63, 3.8) is 0 Å². The molecule has 1 rings (SSSR count). The Hall–Kier alpha value is -1.35. The number of hydrogen-bond acceptors (Lipinski definition) is 4. The van der Waals surface area contributed by atoms with Gasteiger partial charge in [-0.15, -0.1) is 0 Å². The third kappa shape index (κ3) is 6.39. The summed E-state index contributed by atoms with van der Waals surface area (Å²) in [7, 11) is 0. The van der Waals surface area contributed by atoms with Gasteiger partial charge in [0.15, 0.2) is 0 Å². The molecule has 1 heterocycles. The van der Waals surface area contributed by atoms with Gasteiger partial charge in [0.25, 0.3) is 0 Å². The number of alkyl halides is 3. The van der Waals surface area contributed by atoms with Crippen LogP contribution in [0.5, 0.6) is 0 Å². The van der Waals surface area contributed by atoms with Crippen LogP contribution in [0.2, 0.25) is 0 Å². The highest BCUT2D eigenvalue weighted by molar-refractivity contribution is 5.78. The molecule has 0 atom stereocenters. The number of aliphatic carboxylic acids is 1. The molecule has 0 aromatic rings. The highest BCUT2D eigenvalue weighted by atomic mass is 19.4. The second-order valence-corrected chi connectivity index (χ2v) is 4.27. The number of hydrogen-bond donors (Lipinski definition) is 2. The lowest BCUT2D eigenvalue weighted by Crippen LogP contribution is -2.52. The van der Waals surface area contributed by atoms with Crippen molar-refractivity contribution in [2.75, 3.05) is 45.8 Å². The molecule has 1 aliphatic rings. The van der Waals surface area contributed by atoms with E-state index >= 15 is 0 Å². The van der Waals surface area contributed by atoms with Crippen LogP contribution in [0.3, 0.4) is 0 Å². The van der Waals surface area contributed by atoms with E-state index in [1.165, 1.54) is 4.90 Å². The largest absolute Gasteiger partial charge is 0.480 e. The van der Waals surface area contributed by atoms with Crippen molar-refractivity contribution < 1.29 is 27.9 Å². The molecule has 1 aliphatic heterocycles. The molecule has 0 spiro atoms. The molecule has 1 fully saturated rings. The van der Waals surface area contributed by atoms with Crippen molar-refractivity contribution in [3.8, 4) is 0 Å². The first-order valence-electron chi connectivity index (χ1n) is 5.77. The Labute approximate surface area is 108 Å². The summed E-state index contributed by atoms with van der Waals surface area (Å²) in [5.41, 5.74) is 0. The number of halogens is 3. The Morgan fingerprint density at radius 3 is 2.21 bits per heavy atom. The van der Waals surface area contributed by atoms with Crippen LogP contribution >= 0.6 is 0 Å². The summed E-state index contributed by atoms with van der Waals surface area (Å²) in [4.78, 5) is 25.2. The molecule has 6 nitrogen and oxygen atoms in total. The number of carbonyl (C=O) groups is 2. The fourth-order valence-corrected chi connectivity index (χ4v) is 1.77. The quantitative estimate of drug-likeness (QED) is 0.702. The number of piperazine rings is 1. The molecule has 0 bridgehead atoms. The zero-order valence-electron chi connectivity index (χ0n) is 10.2. The number of carboxylic acid groups (broad SMARTS) is 1. The SMILES string of the molecule is O=C(O)CN1CCN(C(=O)CNCC(F)(F)F)CC1. The second kappa shape index (κ2) is 6.71. The molecule has 1 saturated heterocycles. The molecule has 2 N–H and O–H groups in total. The van der Waals surface area contributed by atoms with E-state index in [1.54, 1.807) is 4.90 Å². The summed E-state index contributed by atoms with van der Waals surface area (Å²) >= 11 is 0. The van der Waals surface area contributed by atoms with Gasteiger partial charge in [-0.05, 0) is 0 Å². The van der Waals surface area contributed by atoms with Crippen LogP contribution in [0.1, 0.15) is 0 Å². The fraction of sp³-hybridized carbons (Fsp3) is 0.800. The standard InChI is InChI=1S/C10H16F3N3O3/c11-10(12,13)7-14-5-8(17)16-3-1-15(2-4-16)6-9(18)19/h14H,1-7H2,(H,18,19). The minimum absolute atomic E-state index is 0.0889. The van der Waals surface area contributed by atoms with E-state index in [-0.39, 0.29) is 13.1 Å². The number of rotatable bonds is 5. The summed E-state index contributed by atoms with van der Waals surface area (Å²) in [5, 5.41) is 10.6. The molecule has 110 valence electrons. The predicted octanol–water partition coefficient (Wildman–Crippen LogP) is -0.633. The first-order valence-corrected chi connectivity index (χ1v) is 5.77. The molecule has 1 amide bonds. The van der Waals surface area contributed by atoms with E-state index in [0.29, 0.717) is 26.2 Å². The topological polar surface area (TPSA) is 72.9 Å². The zero-order valence-corrected chi connectivity index (χ0v) is 10.2. The van der Waals surface area contributed by atoms with E-state index in [0.717, 1.165) is 0 Å². The molecule has 9 heteroatoms. The lowest BCUT2D eigenvalue weighted by atomic mass is 10.3. The van der Waals surface area contributed by atoms with Crippen LogP contribution in [-0.4, -0.2) is 78.8 Å². The Morgan fingerprint density at radius 1 is 1.16 bits per heavy atom. The van der Waals surface area contributed by atoms with Crippen LogP contribution in [0.15, 0.2) is 0 Å². The van der Waals surface area contributed by atoms with Crippen molar-refractivity contribution >= 4 is 11.9 Å². The first-order chi connectivity index (χ1) is 8.78. The molecular weight excluding hydrogens is 267 g/mol. The molecule has 19 heavy (non-hydrogen) atoms. The van der Waals surface area contributed by atoms with E-state index < -0.39 is 24.6 Å². The number of carboxylic acids is 1. The number of amides is 1. The Kier molecular flexibility index (Phi) is 5.55. The van der Waals surface area contributed by atoms with E-state index in [2.05, 4.69) is 0 Å². The van der Waals surface area contributed by atoms with Gasteiger partial charge in [0.1, 0.15) is 0 Å². The maximum absolute atomic E-state index is 11.9. The third-order valence-corrected chi connectivity index (χ3v) is 2.69. The average Bonchev–Trinajstić information content (AvgIpc) is 2.27. The Bertz CT molecular complexity index is 328. The molecule has 0 aromatic heterocycles. The fourth-order valence-electron chi connectivity index (χ4n) is 1.77. The van der Waals surface area contributed by atoms with Crippen molar-refractivity contribution in [3.05, 3.63) is 0 Å². The van der Waals surface area contributed by atoms with Crippen LogP contribution in [-0.2, 0) is 9.59 Å². The lowest BCUT2D eigenvalue weighted by Gasteiger charge is -2.33. The number of nitrogens with zero attached hydrogens (tertiary/aromatic N) is 2. The van der Waals surface area contributed by atoms with Gasteiger partial charge < -0.3 is 15.3 Å². The molecule has 0 aliphatic carbocycles. The van der Waals surface area contributed by atoms with Crippen LogP contribution in [0, 0.1) is 0 Å². The smallest absolute Gasteiger partial charge is 0.401 e. The van der Waals surface area contributed by atoms with Gasteiger partial charge in [0.2, 0.25) is 5.91 Å². The summed E-state index contributed by atoms with van der Waals surface area (Å²) in [5.74, 6) is -1.34. The van der Waals surface area contributed by atoms with Gasteiger partial charge >= 0.3 is 12.1 Å². The maximum Gasteiger partial charge on any atom is 0.401 e. The zero-order chi connectivity index (χ0) is 14.5. The minimum Gasteiger partial charge on any atom is -0.480 e. The van der Waals surface area contributed by atoms with E-state index in [4.69, 9.17) is 5.11 Å². The summed E-state index contributed by atoms with van der Waals surface area (Å²) in [6.07, 6.45) is -4.33. The van der Waals surface area contributed by atoms with Crippen molar-refractivity contribution in [2.45, 2.75) is 6.18 Å². The normalized spacial score (nSPS) is 17.5. The number of carbonyl (C=O) groups excluding carboxylic acids is 1. The molecular formula is C10H16F3N3O3. The minimum atomic E-state index is -4.33. The number of nitrogens with one attached hydrogen (secondary N) is 1. The van der Waals surface area contributed by atoms with Gasteiger partial charge in [-0.3, -0.25) is 14.5 Å². The van der Waals surface area contributed by atoms with Crippen molar-refractivity contribution in [1.29, 1.82) is 0 Å². The second-order valence-electron chi connectivity index (χ2n) is 4.27. The monoisotopic (exact) mass is 283 g/mol. The third-order valence-electron chi connectivity index (χ3n) is 2.69. The highest BCUT2D eigenvalue weighted by Gasteiger charge is 2.27. The van der Waals surface area contributed by atoms with E-state index in [9.17, 15) is 22.8 Å². The van der Waals surface area contributed by atoms with Gasteiger partial charge in [0.05, 0.1) is 19.6 Å². The molecule has 0 unspecified atom stereocenters. The Balaban J connectivity index is 2.23. The molecule has 0 saturated carbocycles. The molecule has 0 radical (unpaired) electrons. The van der Waals surface area contributed by atoms with Gasteiger partial charge in [-0.2, -0.15) is 13.2 Å².